The van der Waals surface area contributed by atoms with Crippen molar-refractivity contribution in [1.29, 1.82) is 0 Å². The third-order valence-electron chi connectivity index (χ3n) is 4.21. The summed E-state index contributed by atoms with van der Waals surface area (Å²) in [5.41, 5.74) is -0.0721. The van der Waals surface area contributed by atoms with E-state index in [2.05, 4.69) is 13.8 Å². The molecule has 0 bridgehead atoms. The molecule has 0 N–H and O–H groups in total. The summed E-state index contributed by atoms with van der Waals surface area (Å²) in [6, 6.07) is 0. The lowest BCUT2D eigenvalue weighted by atomic mass is 9.90. The Labute approximate surface area is 146 Å². The number of hydrogen-bond acceptors (Lipinski definition) is 6. The normalized spacial score (nSPS) is 29.9. The van der Waals surface area contributed by atoms with Crippen LogP contribution in [0.1, 0.15) is 60.3 Å². The number of carbonyl (C=O) groups excluding carboxylic acids is 1. The van der Waals surface area contributed by atoms with Gasteiger partial charge in [-0.1, -0.05) is 27.7 Å². The van der Waals surface area contributed by atoms with Gasteiger partial charge in [0.15, 0.2) is 12.6 Å². The minimum atomic E-state index is -0.177. The van der Waals surface area contributed by atoms with Crippen molar-refractivity contribution in [3.05, 3.63) is 0 Å². The quantitative estimate of drug-likeness (QED) is 0.712. The fraction of sp³-hybridized carbons (Fsp3) is 0.944. The average molecular weight is 346 g/mol. The van der Waals surface area contributed by atoms with Gasteiger partial charge in [0.2, 0.25) is 0 Å². The monoisotopic (exact) mass is 346 g/mol. The van der Waals surface area contributed by atoms with Crippen molar-refractivity contribution in [2.24, 2.45) is 5.41 Å². The summed E-state index contributed by atoms with van der Waals surface area (Å²) >= 11 is 0. The molecule has 6 heteroatoms. The first kappa shape index (κ1) is 21.4. The number of carbonyl (C=O) groups is 1. The van der Waals surface area contributed by atoms with Gasteiger partial charge in [0, 0.05) is 6.92 Å². The molecule has 2 rings (SSSR count). The van der Waals surface area contributed by atoms with Crippen molar-refractivity contribution in [3.8, 4) is 0 Å². The summed E-state index contributed by atoms with van der Waals surface area (Å²) < 4.78 is 27.3. The molecule has 142 valence electrons. The van der Waals surface area contributed by atoms with E-state index in [1.54, 1.807) is 0 Å². The number of hydrogen-bond donors (Lipinski definition) is 0. The molecule has 0 aromatic heterocycles. The predicted molar refractivity (Wildman–Crippen MR) is 90.5 cm³/mol. The van der Waals surface area contributed by atoms with Crippen molar-refractivity contribution < 1.29 is 28.5 Å². The van der Waals surface area contributed by atoms with Gasteiger partial charge < -0.3 is 23.7 Å². The molecular weight excluding hydrogens is 312 g/mol. The maximum Gasteiger partial charge on any atom is 0.302 e. The van der Waals surface area contributed by atoms with Crippen molar-refractivity contribution in [3.63, 3.8) is 0 Å². The maximum atomic E-state index is 10.3. The van der Waals surface area contributed by atoms with Crippen LogP contribution in [0.5, 0.6) is 0 Å². The summed E-state index contributed by atoms with van der Waals surface area (Å²) in [4.78, 5) is 10.3. The van der Waals surface area contributed by atoms with E-state index in [1.807, 2.05) is 13.8 Å². The molecule has 1 spiro atoms. The van der Waals surface area contributed by atoms with E-state index in [1.165, 1.54) is 6.92 Å². The molecule has 0 radical (unpaired) electrons. The molecule has 2 aliphatic heterocycles. The van der Waals surface area contributed by atoms with Crippen LogP contribution in [0.3, 0.4) is 0 Å². The van der Waals surface area contributed by atoms with Gasteiger partial charge in [0.25, 0.3) is 0 Å². The van der Waals surface area contributed by atoms with Crippen LogP contribution in [0.15, 0.2) is 0 Å². The molecule has 0 saturated carbocycles. The fourth-order valence-corrected chi connectivity index (χ4v) is 2.59. The van der Waals surface area contributed by atoms with Crippen molar-refractivity contribution in [2.45, 2.75) is 79.0 Å². The Morgan fingerprint density at radius 2 is 1.29 bits per heavy atom. The number of esters is 1. The number of ether oxygens (including phenoxy) is 5. The highest BCUT2D eigenvalue weighted by Gasteiger charge is 2.41. The Hall–Kier alpha value is -0.690. The highest BCUT2D eigenvalue weighted by Crippen LogP contribution is 2.31. The lowest BCUT2D eigenvalue weighted by molar-refractivity contribution is -0.302. The van der Waals surface area contributed by atoms with Gasteiger partial charge in [-0.25, -0.2) is 0 Å². The fourth-order valence-electron chi connectivity index (χ4n) is 2.59. The van der Waals surface area contributed by atoms with E-state index in [9.17, 15) is 4.79 Å². The third-order valence-corrected chi connectivity index (χ3v) is 4.21. The van der Waals surface area contributed by atoms with Gasteiger partial charge in [0.1, 0.15) is 6.10 Å². The molecule has 2 aliphatic rings. The molecular formula is C18H34O6. The van der Waals surface area contributed by atoms with Crippen LogP contribution >= 0.6 is 0 Å². The molecule has 0 atom stereocenters. The van der Waals surface area contributed by atoms with Crippen LogP contribution in [0.4, 0.5) is 0 Å². The van der Waals surface area contributed by atoms with Crippen molar-refractivity contribution in [2.75, 3.05) is 26.4 Å². The lowest BCUT2D eigenvalue weighted by Gasteiger charge is -2.43. The van der Waals surface area contributed by atoms with Gasteiger partial charge >= 0.3 is 5.97 Å². The second-order valence-corrected chi connectivity index (χ2v) is 6.47. The Kier molecular flexibility index (Phi) is 9.81. The zero-order valence-corrected chi connectivity index (χ0v) is 15.8. The summed E-state index contributed by atoms with van der Waals surface area (Å²) in [5, 5.41) is 0. The summed E-state index contributed by atoms with van der Waals surface area (Å²) in [7, 11) is 0. The minimum absolute atomic E-state index is 0.0421. The van der Waals surface area contributed by atoms with Crippen LogP contribution in [0.25, 0.3) is 0 Å². The van der Waals surface area contributed by atoms with E-state index < -0.39 is 0 Å². The molecule has 2 saturated heterocycles. The maximum absolute atomic E-state index is 10.3. The molecule has 24 heavy (non-hydrogen) atoms. The van der Waals surface area contributed by atoms with Gasteiger partial charge in [-0.3, -0.25) is 4.79 Å². The third kappa shape index (κ3) is 7.05. The zero-order valence-electron chi connectivity index (χ0n) is 15.8. The SMILES string of the molecule is CCC(CC)OC(C)=O.CCC1OCC2(CO1)COC(CC)OC2. The molecule has 0 unspecified atom stereocenters. The van der Waals surface area contributed by atoms with Crippen molar-refractivity contribution >= 4 is 5.97 Å². The Balaban J connectivity index is 0.000000277. The lowest BCUT2D eigenvalue weighted by Crippen LogP contribution is -2.52. The molecule has 0 amide bonds. The molecule has 2 heterocycles. The largest absolute Gasteiger partial charge is 0.463 e. The summed E-state index contributed by atoms with van der Waals surface area (Å²) in [6.07, 6.45) is 3.67. The molecule has 2 fully saturated rings. The highest BCUT2D eigenvalue weighted by molar-refractivity contribution is 5.66. The highest BCUT2D eigenvalue weighted by atomic mass is 16.7. The van der Waals surface area contributed by atoms with Gasteiger partial charge in [-0.2, -0.15) is 0 Å². The minimum Gasteiger partial charge on any atom is -0.463 e. The van der Waals surface area contributed by atoms with Gasteiger partial charge in [0.05, 0.1) is 31.8 Å². The molecule has 0 aromatic carbocycles. The number of rotatable bonds is 5. The van der Waals surface area contributed by atoms with Gasteiger partial charge in [-0.05, 0) is 25.7 Å². The van der Waals surface area contributed by atoms with Crippen LogP contribution in [0.2, 0.25) is 0 Å². The Morgan fingerprint density at radius 3 is 1.50 bits per heavy atom. The average Bonchev–Trinajstić information content (AvgIpc) is 2.61. The smallest absolute Gasteiger partial charge is 0.302 e. The molecule has 0 aromatic rings. The van der Waals surface area contributed by atoms with E-state index in [4.69, 9.17) is 23.7 Å². The van der Waals surface area contributed by atoms with Crippen LogP contribution in [0, 0.1) is 5.41 Å². The van der Waals surface area contributed by atoms with E-state index >= 15 is 0 Å². The first-order valence-electron chi connectivity index (χ1n) is 9.12. The summed E-state index contributed by atoms with van der Waals surface area (Å²) in [5.74, 6) is -0.177. The van der Waals surface area contributed by atoms with E-state index in [0.29, 0.717) is 26.4 Å². The second-order valence-electron chi connectivity index (χ2n) is 6.47. The van der Waals surface area contributed by atoms with E-state index in [0.717, 1.165) is 25.7 Å². The molecule has 0 aliphatic carbocycles. The van der Waals surface area contributed by atoms with E-state index in [-0.39, 0.29) is 30.1 Å². The first-order chi connectivity index (χ1) is 11.5. The topological polar surface area (TPSA) is 63.2 Å². The first-order valence-corrected chi connectivity index (χ1v) is 9.12. The summed E-state index contributed by atoms with van der Waals surface area (Å²) in [6.45, 7) is 12.3. The molecule has 6 nitrogen and oxygen atoms in total. The Bertz CT molecular complexity index is 314. The van der Waals surface area contributed by atoms with Crippen LogP contribution in [-0.4, -0.2) is 51.1 Å². The zero-order chi connectivity index (χ0) is 18.0. The Morgan fingerprint density at radius 1 is 0.917 bits per heavy atom. The van der Waals surface area contributed by atoms with Crippen LogP contribution < -0.4 is 0 Å². The van der Waals surface area contributed by atoms with Crippen molar-refractivity contribution in [1.82, 2.24) is 0 Å². The van der Waals surface area contributed by atoms with Gasteiger partial charge in [-0.15, -0.1) is 0 Å². The van der Waals surface area contributed by atoms with Crippen LogP contribution in [-0.2, 0) is 28.5 Å². The second kappa shape index (κ2) is 11.0. The standard InChI is InChI=1S/C11H20O4.C7H14O2/c1-3-9-12-5-11(6-13-9)7-14-10(4-2)15-8-11;1-4-7(5-2)9-6(3)8/h9-10H,3-8H2,1-2H3;7H,4-5H2,1-3H3. The predicted octanol–water partition coefficient (Wildman–Crippen LogP) is 3.28.